The van der Waals surface area contributed by atoms with Crippen molar-refractivity contribution in [2.75, 3.05) is 26.2 Å². The van der Waals surface area contributed by atoms with E-state index in [1.807, 2.05) is 0 Å². The summed E-state index contributed by atoms with van der Waals surface area (Å²) in [7, 11) is 0. The van der Waals surface area contributed by atoms with Crippen LogP contribution in [0.5, 0.6) is 0 Å². The van der Waals surface area contributed by atoms with Gasteiger partial charge >= 0.3 is 0 Å². The third-order valence-corrected chi connectivity index (χ3v) is 2.69. The first kappa shape index (κ1) is 9.90. The topological polar surface area (TPSA) is 32.7 Å². The Morgan fingerprint density at radius 2 is 2.36 bits per heavy atom. The maximum atomic E-state index is 9.31. The second-order valence-electron chi connectivity index (χ2n) is 3.89. The summed E-state index contributed by atoms with van der Waals surface area (Å²) >= 11 is 0. The van der Waals surface area contributed by atoms with Crippen LogP contribution in [0.3, 0.4) is 0 Å². The van der Waals surface area contributed by atoms with Gasteiger partial charge in [0, 0.05) is 19.6 Å². The summed E-state index contributed by atoms with van der Waals surface area (Å²) in [5.74, 6) is 0.602. The fourth-order valence-electron chi connectivity index (χ4n) is 1.95. The van der Waals surface area contributed by atoms with Crippen molar-refractivity contribution in [1.29, 1.82) is 0 Å². The molecule has 1 aliphatic carbocycles. The highest BCUT2D eigenvalue weighted by Gasteiger charge is 2.20. The number of morpholine rings is 1. The maximum Gasteiger partial charge on any atom is 0.167 e. The van der Waals surface area contributed by atoms with Gasteiger partial charge in [-0.05, 0) is 12.3 Å². The second-order valence-corrected chi connectivity index (χ2v) is 3.89. The first-order valence-electron chi connectivity index (χ1n) is 5.20. The van der Waals surface area contributed by atoms with Crippen molar-refractivity contribution < 1.29 is 9.84 Å². The molecule has 0 spiro atoms. The number of β-amino-alcohol motifs (C(OH)–C–C–N with tert-alkyl or cyclic N) is 1. The average Bonchev–Trinajstić information content (AvgIpc) is 2.19. The number of hydrogen-bond acceptors (Lipinski definition) is 3. The lowest BCUT2D eigenvalue weighted by molar-refractivity contribution is -0.147. The molecule has 0 saturated carbocycles. The summed E-state index contributed by atoms with van der Waals surface area (Å²) < 4.78 is 5.08. The molecule has 0 aromatic rings. The third-order valence-electron chi connectivity index (χ3n) is 2.69. The summed E-state index contributed by atoms with van der Waals surface area (Å²) in [6.45, 7) is 3.26. The van der Waals surface area contributed by atoms with E-state index in [4.69, 9.17) is 4.74 Å². The van der Waals surface area contributed by atoms with Crippen molar-refractivity contribution in [2.24, 2.45) is 5.92 Å². The zero-order valence-electron chi connectivity index (χ0n) is 8.30. The van der Waals surface area contributed by atoms with Gasteiger partial charge in [0.2, 0.25) is 0 Å². The van der Waals surface area contributed by atoms with Crippen LogP contribution in [0, 0.1) is 5.92 Å². The molecule has 1 aliphatic heterocycles. The minimum atomic E-state index is -0.591. The molecular formula is C11H17NO2. The van der Waals surface area contributed by atoms with Crippen molar-refractivity contribution in [3.05, 3.63) is 24.3 Å². The van der Waals surface area contributed by atoms with Crippen LogP contribution in [0.1, 0.15) is 6.42 Å². The summed E-state index contributed by atoms with van der Waals surface area (Å²) in [6, 6.07) is 0. The van der Waals surface area contributed by atoms with Crippen LogP contribution in [-0.2, 0) is 4.74 Å². The number of ether oxygens (including phenoxy) is 1. The van der Waals surface area contributed by atoms with Gasteiger partial charge in [-0.3, -0.25) is 4.90 Å². The first-order valence-corrected chi connectivity index (χ1v) is 5.20. The van der Waals surface area contributed by atoms with E-state index < -0.39 is 6.29 Å². The molecule has 0 aromatic carbocycles. The van der Waals surface area contributed by atoms with E-state index in [0.29, 0.717) is 19.1 Å². The smallest absolute Gasteiger partial charge is 0.167 e. The van der Waals surface area contributed by atoms with Crippen molar-refractivity contribution in [3.8, 4) is 0 Å². The number of aliphatic hydroxyl groups excluding tert-OH is 1. The van der Waals surface area contributed by atoms with Crippen LogP contribution in [0.4, 0.5) is 0 Å². The molecule has 14 heavy (non-hydrogen) atoms. The van der Waals surface area contributed by atoms with E-state index in [2.05, 4.69) is 29.2 Å². The van der Waals surface area contributed by atoms with Crippen LogP contribution in [0.2, 0.25) is 0 Å². The zero-order valence-corrected chi connectivity index (χ0v) is 8.30. The summed E-state index contributed by atoms with van der Waals surface area (Å²) in [6.07, 6.45) is 9.15. The van der Waals surface area contributed by atoms with Crippen molar-refractivity contribution in [3.63, 3.8) is 0 Å². The standard InChI is InChI=1S/C11H17NO2/c13-11-9-12(6-7-14-11)8-10-4-2-1-3-5-10/h1-4,10-11,13H,5-9H2. The van der Waals surface area contributed by atoms with E-state index in [-0.39, 0.29) is 0 Å². The molecule has 1 fully saturated rings. The van der Waals surface area contributed by atoms with Gasteiger partial charge in [0.15, 0.2) is 6.29 Å². The van der Waals surface area contributed by atoms with Gasteiger partial charge in [0.1, 0.15) is 0 Å². The van der Waals surface area contributed by atoms with Gasteiger partial charge in [-0.2, -0.15) is 0 Å². The average molecular weight is 195 g/mol. The Morgan fingerprint density at radius 3 is 3.07 bits per heavy atom. The molecule has 2 rings (SSSR count). The fraction of sp³-hybridized carbons (Fsp3) is 0.636. The molecule has 2 unspecified atom stereocenters. The molecule has 0 aromatic heterocycles. The minimum Gasteiger partial charge on any atom is -0.367 e. The largest absolute Gasteiger partial charge is 0.367 e. The van der Waals surface area contributed by atoms with Crippen molar-refractivity contribution >= 4 is 0 Å². The highest BCUT2D eigenvalue weighted by atomic mass is 16.6. The normalized spacial score (nSPS) is 33.5. The number of aliphatic hydroxyl groups is 1. The zero-order chi connectivity index (χ0) is 9.80. The molecule has 1 heterocycles. The molecule has 0 amide bonds. The van der Waals surface area contributed by atoms with Gasteiger partial charge in [-0.1, -0.05) is 24.3 Å². The molecule has 3 heteroatoms. The van der Waals surface area contributed by atoms with Gasteiger partial charge in [-0.25, -0.2) is 0 Å². The maximum absolute atomic E-state index is 9.31. The van der Waals surface area contributed by atoms with Crippen LogP contribution in [0.25, 0.3) is 0 Å². The van der Waals surface area contributed by atoms with Crippen molar-refractivity contribution in [2.45, 2.75) is 12.7 Å². The minimum absolute atomic E-state index is 0.591. The van der Waals surface area contributed by atoms with E-state index in [1.165, 1.54) is 0 Å². The lowest BCUT2D eigenvalue weighted by Gasteiger charge is -2.32. The van der Waals surface area contributed by atoms with Gasteiger partial charge in [0.25, 0.3) is 0 Å². The Morgan fingerprint density at radius 1 is 1.43 bits per heavy atom. The van der Waals surface area contributed by atoms with E-state index in [0.717, 1.165) is 19.5 Å². The lowest BCUT2D eigenvalue weighted by Crippen LogP contribution is -2.44. The summed E-state index contributed by atoms with van der Waals surface area (Å²) in [5.41, 5.74) is 0. The van der Waals surface area contributed by atoms with E-state index >= 15 is 0 Å². The molecule has 2 atom stereocenters. The molecule has 2 aliphatic rings. The SMILES string of the molecule is OC1CN(CC2C=CC=CC2)CCO1. The van der Waals surface area contributed by atoms with Gasteiger partial charge < -0.3 is 9.84 Å². The second kappa shape index (κ2) is 4.73. The van der Waals surface area contributed by atoms with Crippen LogP contribution in [-0.4, -0.2) is 42.5 Å². The highest BCUT2D eigenvalue weighted by Crippen LogP contribution is 2.14. The Hall–Kier alpha value is -0.640. The van der Waals surface area contributed by atoms with Gasteiger partial charge in [0.05, 0.1) is 6.61 Å². The Balaban J connectivity index is 1.79. The number of nitrogens with zero attached hydrogens (tertiary/aromatic N) is 1. The molecule has 78 valence electrons. The predicted octanol–water partition coefficient (Wildman–Crippen LogP) is 0.769. The summed E-state index contributed by atoms with van der Waals surface area (Å²) in [4.78, 5) is 2.27. The molecular weight excluding hydrogens is 178 g/mol. The van der Waals surface area contributed by atoms with E-state index in [1.54, 1.807) is 0 Å². The van der Waals surface area contributed by atoms with Crippen LogP contribution >= 0.6 is 0 Å². The van der Waals surface area contributed by atoms with Crippen LogP contribution in [0.15, 0.2) is 24.3 Å². The highest BCUT2D eigenvalue weighted by molar-refractivity contribution is 5.11. The quantitative estimate of drug-likeness (QED) is 0.706. The molecule has 1 N–H and O–H groups in total. The predicted molar refractivity (Wildman–Crippen MR) is 54.8 cm³/mol. The van der Waals surface area contributed by atoms with Crippen LogP contribution < -0.4 is 0 Å². The molecule has 0 bridgehead atoms. The third kappa shape index (κ3) is 2.67. The Kier molecular flexibility index (Phi) is 3.35. The summed E-state index contributed by atoms with van der Waals surface area (Å²) in [5, 5.41) is 9.31. The Bertz CT molecular complexity index is 237. The number of allylic oxidation sites excluding steroid dienone is 3. The Labute approximate surface area is 84.7 Å². The van der Waals surface area contributed by atoms with Crippen molar-refractivity contribution in [1.82, 2.24) is 4.90 Å². The lowest BCUT2D eigenvalue weighted by atomic mass is 10.0. The molecule has 1 saturated heterocycles. The number of hydrogen-bond donors (Lipinski definition) is 1. The van der Waals surface area contributed by atoms with Gasteiger partial charge in [-0.15, -0.1) is 0 Å². The fourth-order valence-corrected chi connectivity index (χ4v) is 1.95. The molecule has 3 nitrogen and oxygen atoms in total. The molecule has 0 radical (unpaired) electrons. The number of rotatable bonds is 2. The monoisotopic (exact) mass is 195 g/mol. The first-order chi connectivity index (χ1) is 6.84. The van der Waals surface area contributed by atoms with E-state index in [9.17, 15) is 5.11 Å².